The molecular weight excluding hydrogens is 669 g/mol. The van der Waals surface area contributed by atoms with Gasteiger partial charge in [0.15, 0.2) is 0 Å². The molecular formula is C53H34O2. The Morgan fingerprint density at radius 1 is 0.327 bits per heavy atom. The lowest BCUT2D eigenvalue weighted by Crippen LogP contribution is -2.14. The minimum Gasteiger partial charge on any atom is -0.455 e. The van der Waals surface area contributed by atoms with Gasteiger partial charge in [0.1, 0.15) is 22.3 Å². The van der Waals surface area contributed by atoms with Crippen LogP contribution in [0.5, 0.6) is 0 Å². The summed E-state index contributed by atoms with van der Waals surface area (Å²) in [6.45, 7) is 4.70. The van der Waals surface area contributed by atoms with Crippen LogP contribution in [0.4, 0.5) is 0 Å². The van der Waals surface area contributed by atoms with E-state index in [0.29, 0.717) is 0 Å². The second-order valence-electron chi connectivity index (χ2n) is 15.6. The van der Waals surface area contributed by atoms with Crippen LogP contribution in [0.1, 0.15) is 25.0 Å². The lowest BCUT2D eigenvalue weighted by molar-refractivity contribution is 0.658. The largest absolute Gasteiger partial charge is 0.455 e. The molecule has 12 rings (SSSR count). The topological polar surface area (TPSA) is 26.3 Å². The highest BCUT2D eigenvalue weighted by molar-refractivity contribution is 6.29. The molecule has 2 nitrogen and oxygen atoms in total. The molecule has 0 aliphatic heterocycles. The number of para-hydroxylation sites is 2. The average molecular weight is 703 g/mol. The summed E-state index contributed by atoms with van der Waals surface area (Å²) >= 11 is 0. The summed E-state index contributed by atoms with van der Waals surface area (Å²) in [5, 5.41) is 9.10. The third-order valence-corrected chi connectivity index (χ3v) is 12.3. The van der Waals surface area contributed by atoms with Crippen LogP contribution in [-0.4, -0.2) is 0 Å². The first-order chi connectivity index (χ1) is 27.0. The average Bonchev–Trinajstić information content (AvgIpc) is 3.87. The Morgan fingerprint density at radius 3 is 1.45 bits per heavy atom. The van der Waals surface area contributed by atoms with Gasteiger partial charge in [0.2, 0.25) is 0 Å². The second kappa shape index (κ2) is 11.1. The highest BCUT2D eigenvalue weighted by Gasteiger charge is 2.35. The second-order valence-corrected chi connectivity index (χ2v) is 15.6. The molecule has 0 saturated carbocycles. The Kier molecular flexibility index (Phi) is 6.15. The monoisotopic (exact) mass is 702 g/mol. The van der Waals surface area contributed by atoms with Gasteiger partial charge in [-0.2, -0.15) is 0 Å². The quantitative estimate of drug-likeness (QED) is 0.171. The molecule has 0 atom stereocenters. The fourth-order valence-corrected chi connectivity index (χ4v) is 9.71. The van der Waals surface area contributed by atoms with E-state index >= 15 is 0 Å². The van der Waals surface area contributed by atoms with Crippen LogP contribution < -0.4 is 0 Å². The molecule has 2 heteroatoms. The molecule has 0 spiro atoms. The molecule has 55 heavy (non-hydrogen) atoms. The van der Waals surface area contributed by atoms with Crippen molar-refractivity contribution in [2.75, 3.05) is 0 Å². The van der Waals surface area contributed by atoms with E-state index < -0.39 is 0 Å². The number of hydrogen-bond acceptors (Lipinski definition) is 2. The predicted molar refractivity (Wildman–Crippen MR) is 230 cm³/mol. The third-order valence-electron chi connectivity index (χ3n) is 12.3. The lowest BCUT2D eigenvalue weighted by atomic mass is 9.81. The van der Waals surface area contributed by atoms with Crippen LogP contribution in [0.15, 0.2) is 179 Å². The van der Waals surface area contributed by atoms with E-state index in [9.17, 15) is 0 Å². The minimum absolute atomic E-state index is 0.0598. The van der Waals surface area contributed by atoms with Gasteiger partial charge < -0.3 is 8.83 Å². The normalized spacial score (nSPS) is 13.4. The molecule has 0 N–H and O–H groups in total. The Morgan fingerprint density at radius 2 is 0.818 bits per heavy atom. The zero-order chi connectivity index (χ0) is 36.4. The van der Waals surface area contributed by atoms with Gasteiger partial charge >= 0.3 is 0 Å². The van der Waals surface area contributed by atoms with Crippen molar-refractivity contribution in [2.45, 2.75) is 19.3 Å². The molecule has 0 amide bonds. The Labute approximate surface area is 317 Å². The van der Waals surface area contributed by atoms with Gasteiger partial charge in [-0.1, -0.05) is 153 Å². The molecule has 0 saturated heterocycles. The zero-order valence-electron chi connectivity index (χ0n) is 30.5. The van der Waals surface area contributed by atoms with E-state index in [1.165, 1.54) is 55.3 Å². The van der Waals surface area contributed by atoms with Crippen LogP contribution in [-0.2, 0) is 5.41 Å². The fourth-order valence-electron chi connectivity index (χ4n) is 9.71. The van der Waals surface area contributed by atoms with Crippen molar-refractivity contribution in [1.29, 1.82) is 0 Å². The van der Waals surface area contributed by atoms with Crippen molar-refractivity contribution in [2.24, 2.45) is 0 Å². The first kappa shape index (κ1) is 30.6. The number of fused-ring (bicyclic) bond motifs is 11. The summed E-state index contributed by atoms with van der Waals surface area (Å²) in [5.74, 6) is 0. The molecule has 1 aliphatic carbocycles. The molecule has 2 heterocycles. The first-order valence-electron chi connectivity index (χ1n) is 19.1. The van der Waals surface area contributed by atoms with Gasteiger partial charge in [0.05, 0.1) is 5.56 Å². The summed E-state index contributed by atoms with van der Waals surface area (Å²) < 4.78 is 13.7. The summed E-state index contributed by atoms with van der Waals surface area (Å²) in [7, 11) is 0. The maximum atomic E-state index is 6.83. The van der Waals surface area contributed by atoms with Crippen molar-refractivity contribution in [1.82, 2.24) is 0 Å². The Bertz CT molecular complexity index is 3260. The van der Waals surface area contributed by atoms with Crippen molar-refractivity contribution in [3.8, 4) is 44.5 Å². The van der Waals surface area contributed by atoms with Crippen LogP contribution in [0, 0.1) is 0 Å². The van der Waals surface area contributed by atoms with Crippen LogP contribution in [0.3, 0.4) is 0 Å². The van der Waals surface area contributed by atoms with E-state index in [0.717, 1.165) is 65.8 Å². The summed E-state index contributed by atoms with van der Waals surface area (Å²) in [5.41, 5.74) is 15.8. The lowest BCUT2D eigenvalue weighted by Gasteiger charge is -2.22. The summed E-state index contributed by atoms with van der Waals surface area (Å²) in [6, 6.07) is 61.7. The molecule has 0 fully saturated rings. The van der Waals surface area contributed by atoms with E-state index in [1.807, 2.05) is 12.1 Å². The Balaban J connectivity index is 1.14. The van der Waals surface area contributed by atoms with Crippen LogP contribution >= 0.6 is 0 Å². The van der Waals surface area contributed by atoms with Gasteiger partial charge in [-0.25, -0.2) is 0 Å². The number of furan rings is 2. The zero-order valence-corrected chi connectivity index (χ0v) is 30.5. The smallest absolute Gasteiger partial charge is 0.147 e. The van der Waals surface area contributed by atoms with Crippen molar-refractivity contribution >= 4 is 65.4 Å². The number of rotatable bonds is 3. The van der Waals surface area contributed by atoms with Gasteiger partial charge in [0, 0.05) is 32.5 Å². The third kappa shape index (κ3) is 4.20. The van der Waals surface area contributed by atoms with Crippen molar-refractivity contribution < 1.29 is 8.83 Å². The molecule has 258 valence electrons. The molecule has 0 unspecified atom stereocenters. The maximum Gasteiger partial charge on any atom is 0.147 e. The summed E-state index contributed by atoms with van der Waals surface area (Å²) in [4.78, 5) is 0. The number of hydrogen-bond donors (Lipinski definition) is 0. The van der Waals surface area contributed by atoms with Crippen molar-refractivity contribution in [3.63, 3.8) is 0 Å². The molecule has 2 aromatic heterocycles. The first-order valence-corrected chi connectivity index (χ1v) is 19.1. The predicted octanol–water partition coefficient (Wildman–Crippen LogP) is 15.1. The molecule has 11 aromatic rings. The SMILES string of the molecule is CC1(C)c2ccccc2-c2ccc(-c3cccc(-c4c5ccccc5c(-c5c6oc7ccccc7c6cc6c5oc5ccccc56)c5ccccc45)c3)cc21. The van der Waals surface area contributed by atoms with E-state index in [2.05, 4.69) is 172 Å². The number of benzene rings is 9. The van der Waals surface area contributed by atoms with E-state index in [4.69, 9.17) is 8.83 Å². The van der Waals surface area contributed by atoms with Crippen LogP contribution in [0.25, 0.3) is 110 Å². The highest BCUT2D eigenvalue weighted by atomic mass is 16.3. The summed E-state index contributed by atoms with van der Waals surface area (Å²) in [6.07, 6.45) is 0. The minimum atomic E-state index is -0.0598. The standard InChI is InChI=1S/C53H34O2/c1-53(2)44-23-10-7-16-34(44)35-27-26-32(29-45(35)53)31-14-13-15-33(28-31)48-38-19-3-5-21-40(38)49(41-22-6-4-20-39(41)48)50-51-42(36-17-8-11-24-46(36)54-51)30-43-37-18-9-12-25-47(37)55-52(43)50/h3-30H,1-2H3. The highest BCUT2D eigenvalue weighted by Crippen LogP contribution is 2.52. The maximum absolute atomic E-state index is 6.83. The van der Waals surface area contributed by atoms with E-state index in [1.54, 1.807) is 0 Å². The molecule has 9 aromatic carbocycles. The molecule has 1 aliphatic rings. The molecule has 0 radical (unpaired) electrons. The fraction of sp³-hybridized carbons (Fsp3) is 0.0566. The van der Waals surface area contributed by atoms with Gasteiger partial charge in [-0.05, 0) is 96.4 Å². The molecule has 0 bridgehead atoms. The Hall–Kier alpha value is -6.90. The van der Waals surface area contributed by atoms with Crippen molar-refractivity contribution in [3.05, 3.63) is 181 Å². The van der Waals surface area contributed by atoms with Gasteiger partial charge in [-0.3, -0.25) is 0 Å². The van der Waals surface area contributed by atoms with E-state index in [-0.39, 0.29) is 5.41 Å². The van der Waals surface area contributed by atoms with Crippen LogP contribution in [0.2, 0.25) is 0 Å². The van der Waals surface area contributed by atoms with Gasteiger partial charge in [0.25, 0.3) is 0 Å². The van der Waals surface area contributed by atoms with Gasteiger partial charge in [-0.15, -0.1) is 0 Å².